The summed E-state index contributed by atoms with van der Waals surface area (Å²) in [6, 6.07) is 13.5. The molecule has 0 unspecified atom stereocenters. The summed E-state index contributed by atoms with van der Waals surface area (Å²) in [4.78, 5) is 4.82. The van der Waals surface area contributed by atoms with Gasteiger partial charge in [-0.1, -0.05) is 23.7 Å². The Balaban J connectivity index is 1.52. The van der Waals surface area contributed by atoms with E-state index in [2.05, 4.69) is 21.9 Å². The number of phenolic OH excluding ortho intramolecular Hbond substituents is 1. The van der Waals surface area contributed by atoms with Crippen molar-refractivity contribution in [3.05, 3.63) is 58.6 Å². The molecule has 24 heavy (non-hydrogen) atoms. The molecule has 5 heteroatoms. The maximum Gasteiger partial charge on any atom is 0.120 e. The van der Waals surface area contributed by atoms with Gasteiger partial charge in [-0.05, 0) is 35.9 Å². The Morgan fingerprint density at radius 2 is 1.58 bits per heavy atom. The molecule has 0 bridgehead atoms. The molecule has 0 aromatic heterocycles. The van der Waals surface area contributed by atoms with Crippen molar-refractivity contribution in [2.75, 3.05) is 33.3 Å². The van der Waals surface area contributed by atoms with Crippen LogP contribution in [0.2, 0.25) is 5.02 Å². The quantitative estimate of drug-likeness (QED) is 0.900. The summed E-state index contributed by atoms with van der Waals surface area (Å²) in [5.74, 6) is 1.11. The van der Waals surface area contributed by atoms with Gasteiger partial charge in [-0.15, -0.1) is 0 Å². The Hall–Kier alpha value is -1.75. The minimum Gasteiger partial charge on any atom is -0.508 e. The smallest absolute Gasteiger partial charge is 0.120 e. The van der Waals surface area contributed by atoms with E-state index in [1.807, 2.05) is 18.2 Å². The zero-order valence-electron chi connectivity index (χ0n) is 13.9. The molecule has 0 saturated carbocycles. The second-order valence-corrected chi connectivity index (χ2v) is 6.61. The molecule has 2 aromatic carbocycles. The highest BCUT2D eigenvalue weighted by Crippen LogP contribution is 2.24. The molecular weight excluding hydrogens is 324 g/mol. The van der Waals surface area contributed by atoms with Crippen molar-refractivity contribution >= 4 is 11.6 Å². The highest BCUT2D eigenvalue weighted by atomic mass is 35.5. The molecule has 0 aliphatic carbocycles. The van der Waals surface area contributed by atoms with Gasteiger partial charge in [-0.2, -0.15) is 0 Å². The Bertz CT molecular complexity index is 668. The van der Waals surface area contributed by atoms with Crippen LogP contribution < -0.4 is 4.74 Å². The van der Waals surface area contributed by atoms with Crippen molar-refractivity contribution in [2.45, 2.75) is 13.1 Å². The molecule has 1 saturated heterocycles. The number of hydrogen-bond donors (Lipinski definition) is 1. The lowest BCUT2D eigenvalue weighted by atomic mass is 10.1. The molecule has 128 valence electrons. The third-order valence-corrected chi connectivity index (χ3v) is 4.72. The lowest BCUT2D eigenvalue weighted by Gasteiger charge is -2.34. The van der Waals surface area contributed by atoms with Crippen LogP contribution in [0.1, 0.15) is 11.1 Å². The van der Waals surface area contributed by atoms with E-state index in [1.165, 1.54) is 5.56 Å². The fraction of sp³-hybridized carbons (Fsp3) is 0.368. The number of rotatable bonds is 5. The van der Waals surface area contributed by atoms with Gasteiger partial charge in [-0.3, -0.25) is 9.80 Å². The van der Waals surface area contributed by atoms with Crippen LogP contribution in [0, 0.1) is 0 Å². The van der Waals surface area contributed by atoms with Crippen LogP contribution in [0.3, 0.4) is 0 Å². The minimum absolute atomic E-state index is 0.333. The van der Waals surface area contributed by atoms with E-state index in [0.717, 1.165) is 55.6 Å². The van der Waals surface area contributed by atoms with E-state index >= 15 is 0 Å². The summed E-state index contributed by atoms with van der Waals surface area (Å²) < 4.78 is 5.24. The van der Waals surface area contributed by atoms with Crippen LogP contribution in [-0.2, 0) is 13.1 Å². The van der Waals surface area contributed by atoms with Crippen LogP contribution in [-0.4, -0.2) is 48.2 Å². The first-order chi connectivity index (χ1) is 11.6. The number of piperazine rings is 1. The number of aromatic hydroxyl groups is 1. The standard InChI is InChI=1S/C19H23ClN2O2/c1-24-18-6-7-19(23)16(12-18)14-22-10-8-21(9-11-22)13-15-2-4-17(20)5-3-15/h2-7,12,23H,8-11,13-14H2,1H3. The first kappa shape index (κ1) is 17.1. The van der Waals surface area contributed by atoms with E-state index in [0.29, 0.717) is 5.75 Å². The summed E-state index contributed by atoms with van der Waals surface area (Å²) in [6.45, 7) is 5.72. The third kappa shape index (κ3) is 4.41. The summed E-state index contributed by atoms with van der Waals surface area (Å²) in [7, 11) is 1.64. The molecular formula is C19H23ClN2O2. The van der Waals surface area contributed by atoms with Gasteiger partial charge in [0, 0.05) is 49.9 Å². The Labute approximate surface area is 148 Å². The topological polar surface area (TPSA) is 35.9 Å². The molecule has 0 amide bonds. The highest BCUT2D eigenvalue weighted by molar-refractivity contribution is 6.30. The first-order valence-electron chi connectivity index (χ1n) is 8.19. The summed E-state index contributed by atoms with van der Waals surface area (Å²) >= 11 is 5.94. The number of phenols is 1. The van der Waals surface area contributed by atoms with Crippen LogP contribution >= 0.6 is 11.6 Å². The van der Waals surface area contributed by atoms with Crippen molar-refractivity contribution < 1.29 is 9.84 Å². The second-order valence-electron chi connectivity index (χ2n) is 6.17. The second kappa shape index (κ2) is 7.88. The minimum atomic E-state index is 0.333. The van der Waals surface area contributed by atoms with Crippen molar-refractivity contribution in [3.8, 4) is 11.5 Å². The van der Waals surface area contributed by atoms with Crippen molar-refractivity contribution in [1.29, 1.82) is 0 Å². The monoisotopic (exact) mass is 346 g/mol. The van der Waals surface area contributed by atoms with Gasteiger partial charge in [0.1, 0.15) is 11.5 Å². The Morgan fingerprint density at radius 3 is 2.21 bits per heavy atom. The van der Waals surface area contributed by atoms with Gasteiger partial charge in [0.2, 0.25) is 0 Å². The van der Waals surface area contributed by atoms with Crippen LogP contribution in [0.5, 0.6) is 11.5 Å². The maximum atomic E-state index is 10.0. The van der Waals surface area contributed by atoms with Crippen molar-refractivity contribution in [1.82, 2.24) is 9.80 Å². The Kier molecular flexibility index (Phi) is 5.61. The molecule has 3 rings (SSSR count). The number of methoxy groups -OCH3 is 1. The van der Waals surface area contributed by atoms with E-state index in [4.69, 9.17) is 16.3 Å². The first-order valence-corrected chi connectivity index (χ1v) is 8.57. The predicted molar refractivity (Wildman–Crippen MR) is 96.7 cm³/mol. The highest BCUT2D eigenvalue weighted by Gasteiger charge is 2.18. The van der Waals surface area contributed by atoms with Crippen LogP contribution in [0.15, 0.2) is 42.5 Å². The normalized spacial score (nSPS) is 16.2. The molecule has 1 fully saturated rings. The van der Waals surface area contributed by atoms with Gasteiger partial charge in [0.15, 0.2) is 0 Å². The largest absolute Gasteiger partial charge is 0.508 e. The summed E-state index contributed by atoms with van der Waals surface area (Å²) in [5.41, 5.74) is 2.21. The van der Waals surface area contributed by atoms with Gasteiger partial charge < -0.3 is 9.84 Å². The van der Waals surface area contributed by atoms with Crippen molar-refractivity contribution in [2.24, 2.45) is 0 Å². The molecule has 0 spiro atoms. The zero-order chi connectivity index (χ0) is 16.9. The summed E-state index contributed by atoms with van der Waals surface area (Å²) in [6.07, 6.45) is 0. The van der Waals surface area contributed by atoms with Crippen LogP contribution in [0.4, 0.5) is 0 Å². The SMILES string of the molecule is COc1ccc(O)c(CN2CCN(Cc3ccc(Cl)cc3)CC2)c1. The van der Waals surface area contributed by atoms with Gasteiger partial charge in [0.05, 0.1) is 7.11 Å². The van der Waals surface area contributed by atoms with E-state index < -0.39 is 0 Å². The average Bonchev–Trinajstić information content (AvgIpc) is 2.60. The number of hydrogen-bond acceptors (Lipinski definition) is 4. The number of halogens is 1. The van der Waals surface area contributed by atoms with E-state index in [1.54, 1.807) is 19.2 Å². The van der Waals surface area contributed by atoms with Crippen LogP contribution in [0.25, 0.3) is 0 Å². The number of benzene rings is 2. The maximum absolute atomic E-state index is 10.0. The molecule has 4 nitrogen and oxygen atoms in total. The fourth-order valence-corrected chi connectivity index (χ4v) is 3.14. The van der Waals surface area contributed by atoms with E-state index in [-0.39, 0.29) is 0 Å². The molecule has 2 aromatic rings. The molecule has 1 aliphatic rings. The Morgan fingerprint density at radius 1 is 0.958 bits per heavy atom. The molecule has 1 aliphatic heterocycles. The third-order valence-electron chi connectivity index (χ3n) is 4.46. The van der Waals surface area contributed by atoms with Crippen molar-refractivity contribution in [3.63, 3.8) is 0 Å². The predicted octanol–water partition coefficient (Wildman–Crippen LogP) is 3.37. The lowest BCUT2D eigenvalue weighted by molar-refractivity contribution is 0.121. The molecule has 1 N–H and O–H groups in total. The molecule has 1 heterocycles. The van der Waals surface area contributed by atoms with E-state index in [9.17, 15) is 5.11 Å². The van der Waals surface area contributed by atoms with Gasteiger partial charge >= 0.3 is 0 Å². The molecule has 0 atom stereocenters. The number of ether oxygens (including phenoxy) is 1. The zero-order valence-corrected chi connectivity index (χ0v) is 14.7. The average molecular weight is 347 g/mol. The van der Waals surface area contributed by atoms with Gasteiger partial charge in [-0.25, -0.2) is 0 Å². The fourth-order valence-electron chi connectivity index (χ4n) is 3.01. The summed E-state index contributed by atoms with van der Waals surface area (Å²) in [5, 5.41) is 10.8. The molecule has 0 radical (unpaired) electrons. The number of nitrogens with zero attached hydrogens (tertiary/aromatic N) is 2. The lowest BCUT2D eigenvalue weighted by Crippen LogP contribution is -2.45. The van der Waals surface area contributed by atoms with Gasteiger partial charge in [0.25, 0.3) is 0 Å².